The molecule has 4 heteroatoms. The zero-order valence-corrected chi connectivity index (χ0v) is 10.5. The molecule has 0 fully saturated rings. The molecule has 0 radical (unpaired) electrons. The van der Waals surface area contributed by atoms with E-state index in [0.29, 0.717) is 6.61 Å². The van der Waals surface area contributed by atoms with Gasteiger partial charge in [0.1, 0.15) is 0 Å². The smallest absolute Gasteiger partial charge is 0.0805 e. The first-order valence-corrected chi connectivity index (χ1v) is 6.27. The Morgan fingerprint density at radius 1 is 1.60 bits per heavy atom. The molecule has 1 heterocycles. The Balaban J connectivity index is 2.60. The predicted molar refractivity (Wildman–Crippen MR) is 64.1 cm³/mol. The summed E-state index contributed by atoms with van der Waals surface area (Å²) in [6.45, 7) is 6.92. The van der Waals surface area contributed by atoms with Crippen molar-refractivity contribution in [2.45, 2.75) is 45.3 Å². The summed E-state index contributed by atoms with van der Waals surface area (Å²) in [6.07, 6.45) is 3.66. The van der Waals surface area contributed by atoms with Gasteiger partial charge in [0.25, 0.3) is 0 Å². The lowest BCUT2D eigenvalue weighted by Gasteiger charge is -2.34. The summed E-state index contributed by atoms with van der Waals surface area (Å²) in [5.41, 5.74) is 7.81. The molecule has 2 unspecified atom stereocenters. The average molecular weight is 228 g/mol. The first kappa shape index (κ1) is 12.6. The Hall–Kier alpha value is -0.450. The van der Waals surface area contributed by atoms with Crippen molar-refractivity contribution in [3.8, 4) is 0 Å². The Kier molecular flexibility index (Phi) is 4.70. The zero-order valence-electron chi connectivity index (χ0n) is 9.69. The highest BCUT2D eigenvalue weighted by molar-refractivity contribution is 7.09. The predicted octanol–water partition coefficient (Wildman–Crippen LogP) is 2.22. The summed E-state index contributed by atoms with van der Waals surface area (Å²) in [7, 11) is 0. The van der Waals surface area contributed by atoms with Crippen LogP contribution < -0.4 is 5.73 Å². The molecule has 2 N–H and O–H groups in total. The van der Waals surface area contributed by atoms with Crippen LogP contribution in [0.15, 0.2) is 11.7 Å². The van der Waals surface area contributed by atoms with Gasteiger partial charge in [-0.05, 0) is 20.3 Å². The number of hydrogen-bond acceptors (Lipinski definition) is 4. The molecular weight excluding hydrogens is 208 g/mol. The van der Waals surface area contributed by atoms with Gasteiger partial charge in [-0.1, -0.05) is 6.92 Å². The van der Waals surface area contributed by atoms with Gasteiger partial charge in [0.15, 0.2) is 0 Å². The van der Waals surface area contributed by atoms with Gasteiger partial charge in [-0.2, -0.15) is 0 Å². The molecule has 3 nitrogen and oxygen atoms in total. The van der Waals surface area contributed by atoms with E-state index in [9.17, 15) is 0 Å². The summed E-state index contributed by atoms with van der Waals surface area (Å²) in [5.74, 6) is 0. The molecule has 86 valence electrons. The van der Waals surface area contributed by atoms with Gasteiger partial charge >= 0.3 is 0 Å². The molecule has 0 aliphatic heterocycles. The molecule has 15 heavy (non-hydrogen) atoms. The molecule has 0 saturated carbocycles. The Labute approximate surface area is 95.7 Å². The Bertz CT molecular complexity index is 276. The van der Waals surface area contributed by atoms with Gasteiger partial charge in [-0.15, -0.1) is 11.3 Å². The van der Waals surface area contributed by atoms with Crippen LogP contribution in [0.1, 0.15) is 32.1 Å². The van der Waals surface area contributed by atoms with Gasteiger partial charge < -0.3 is 10.5 Å². The summed E-state index contributed by atoms with van der Waals surface area (Å²) >= 11 is 1.65. The van der Waals surface area contributed by atoms with Crippen LogP contribution in [0.2, 0.25) is 0 Å². The van der Waals surface area contributed by atoms with Crippen molar-refractivity contribution in [3.05, 3.63) is 16.6 Å². The van der Waals surface area contributed by atoms with Crippen molar-refractivity contribution in [1.82, 2.24) is 4.98 Å². The van der Waals surface area contributed by atoms with Crippen LogP contribution in [0, 0.1) is 0 Å². The number of nitrogens with two attached hydrogens (primary N) is 1. The lowest BCUT2D eigenvalue weighted by Crippen LogP contribution is -2.48. The molecule has 1 rings (SSSR count). The van der Waals surface area contributed by atoms with Crippen LogP contribution in [-0.2, 0) is 11.2 Å². The van der Waals surface area contributed by atoms with Crippen LogP contribution in [0.5, 0.6) is 0 Å². The molecule has 0 bridgehead atoms. The van der Waals surface area contributed by atoms with Crippen molar-refractivity contribution in [1.29, 1.82) is 0 Å². The van der Waals surface area contributed by atoms with Crippen LogP contribution in [0.25, 0.3) is 0 Å². The summed E-state index contributed by atoms with van der Waals surface area (Å²) in [6, 6.07) is 0.0305. The maximum Gasteiger partial charge on any atom is 0.0805 e. The molecule has 1 aromatic heterocycles. The SMILES string of the molecule is CCOC(C)(CC)C(N)Cc1cncs1. The largest absolute Gasteiger partial charge is 0.374 e. The van der Waals surface area contributed by atoms with Crippen molar-refractivity contribution in [3.63, 3.8) is 0 Å². The maximum absolute atomic E-state index is 6.19. The second-order valence-corrected chi connectivity index (χ2v) is 4.85. The number of nitrogens with zero attached hydrogens (tertiary/aromatic N) is 1. The fourth-order valence-electron chi connectivity index (χ4n) is 1.58. The normalized spacial score (nSPS) is 17.3. The van der Waals surface area contributed by atoms with Gasteiger partial charge in [0.2, 0.25) is 0 Å². The maximum atomic E-state index is 6.19. The molecule has 1 aromatic rings. The van der Waals surface area contributed by atoms with E-state index in [1.807, 2.05) is 18.6 Å². The van der Waals surface area contributed by atoms with Crippen molar-refractivity contribution in [2.75, 3.05) is 6.61 Å². The molecule has 2 atom stereocenters. The van der Waals surface area contributed by atoms with E-state index in [4.69, 9.17) is 10.5 Å². The van der Waals surface area contributed by atoms with E-state index in [1.54, 1.807) is 11.3 Å². The van der Waals surface area contributed by atoms with Gasteiger partial charge in [0, 0.05) is 30.1 Å². The molecule has 0 spiro atoms. The number of aromatic nitrogens is 1. The second kappa shape index (κ2) is 5.58. The minimum atomic E-state index is -0.223. The van der Waals surface area contributed by atoms with Gasteiger partial charge in [-0.3, -0.25) is 4.98 Å². The quantitative estimate of drug-likeness (QED) is 0.812. The van der Waals surface area contributed by atoms with Crippen LogP contribution in [0.3, 0.4) is 0 Å². The van der Waals surface area contributed by atoms with Crippen LogP contribution in [-0.4, -0.2) is 23.2 Å². The third kappa shape index (κ3) is 3.26. The van der Waals surface area contributed by atoms with E-state index in [1.165, 1.54) is 4.88 Å². The zero-order chi connectivity index (χ0) is 11.3. The third-order valence-electron chi connectivity index (χ3n) is 2.87. The highest BCUT2D eigenvalue weighted by Gasteiger charge is 2.30. The third-order valence-corrected chi connectivity index (χ3v) is 3.67. The van der Waals surface area contributed by atoms with Gasteiger partial charge in [-0.25, -0.2) is 0 Å². The van der Waals surface area contributed by atoms with E-state index < -0.39 is 0 Å². The summed E-state index contributed by atoms with van der Waals surface area (Å²) in [4.78, 5) is 5.28. The van der Waals surface area contributed by atoms with Crippen molar-refractivity contribution < 1.29 is 4.74 Å². The molecule has 0 aliphatic carbocycles. The van der Waals surface area contributed by atoms with Gasteiger partial charge in [0.05, 0.1) is 11.1 Å². The number of ether oxygens (including phenoxy) is 1. The minimum Gasteiger partial charge on any atom is -0.374 e. The van der Waals surface area contributed by atoms with Crippen molar-refractivity contribution >= 4 is 11.3 Å². The molecule has 0 saturated heterocycles. The first-order valence-electron chi connectivity index (χ1n) is 5.39. The monoisotopic (exact) mass is 228 g/mol. The average Bonchev–Trinajstić information content (AvgIpc) is 2.70. The first-order chi connectivity index (χ1) is 7.12. The van der Waals surface area contributed by atoms with E-state index in [2.05, 4.69) is 18.8 Å². The molecule has 0 aromatic carbocycles. The second-order valence-electron chi connectivity index (χ2n) is 3.88. The molecule has 0 amide bonds. The fourth-order valence-corrected chi connectivity index (χ4v) is 2.23. The minimum absolute atomic E-state index is 0.0305. The summed E-state index contributed by atoms with van der Waals surface area (Å²) in [5, 5.41) is 0. The van der Waals surface area contributed by atoms with E-state index in [0.717, 1.165) is 12.8 Å². The Morgan fingerprint density at radius 2 is 2.33 bits per heavy atom. The van der Waals surface area contributed by atoms with Crippen molar-refractivity contribution in [2.24, 2.45) is 5.73 Å². The number of rotatable bonds is 6. The number of hydrogen-bond donors (Lipinski definition) is 1. The lowest BCUT2D eigenvalue weighted by molar-refractivity contribution is -0.0460. The highest BCUT2D eigenvalue weighted by atomic mass is 32.1. The molecular formula is C11H20N2OS. The van der Waals surface area contributed by atoms with Crippen LogP contribution in [0.4, 0.5) is 0 Å². The van der Waals surface area contributed by atoms with Crippen LogP contribution >= 0.6 is 11.3 Å². The fraction of sp³-hybridized carbons (Fsp3) is 0.727. The van der Waals surface area contributed by atoms with E-state index >= 15 is 0 Å². The topological polar surface area (TPSA) is 48.1 Å². The summed E-state index contributed by atoms with van der Waals surface area (Å²) < 4.78 is 5.75. The Morgan fingerprint density at radius 3 is 2.80 bits per heavy atom. The highest BCUT2D eigenvalue weighted by Crippen LogP contribution is 2.22. The number of thiazole rings is 1. The van der Waals surface area contributed by atoms with E-state index in [-0.39, 0.29) is 11.6 Å². The standard InChI is InChI=1S/C11H20N2OS/c1-4-11(3,14-5-2)10(12)6-9-7-13-8-15-9/h7-8,10H,4-6,12H2,1-3H3. The molecule has 0 aliphatic rings. The lowest BCUT2D eigenvalue weighted by atomic mass is 9.91.